The van der Waals surface area contributed by atoms with Gasteiger partial charge in [0.1, 0.15) is 5.69 Å². The van der Waals surface area contributed by atoms with Crippen LogP contribution in [0.3, 0.4) is 0 Å². The number of benzene rings is 9. The van der Waals surface area contributed by atoms with E-state index in [1.807, 2.05) is 60.7 Å². The van der Waals surface area contributed by atoms with E-state index in [1.165, 1.54) is 10.8 Å². The molecule has 0 aliphatic rings. The molecule has 0 amide bonds. The van der Waals surface area contributed by atoms with Crippen molar-refractivity contribution in [3.63, 3.8) is 0 Å². The van der Waals surface area contributed by atoms with Crippen LogP contribution in [0.25, 0.3) is 104 Å². The summed E-state index contributed by atoms with van der Waals surface area (Å²) in [5.74, 6) is -4.41. The molecule has 0 fully saturated rings. The van der Waals surface area contributed by atoms with Crippen molar-refractivity contribution < 1.29 is 25.5 Å². The molecule has 0 aliphatic carbocycles. The molecule has 0 unspecified atom stereocenters. The van der Waals surface area contributed by atoms with Crippen molar-refractivity contribution in [1.29, 1.82) is 0 Å². The van der Waals surface area contributed by atoms with Crippen molar-refractivity contribution in [2.24, 2.45) is 0 Å². The van der Waals surface area contributed by atoms with E-state index in [2.05, 4.69) is 118 Å². The molecule has 0 aliphatic heterocycles. The number of rotatable bonds is 4. The topological polar surface area (TPSA) is 116 Å². The van der Waals surface area contributed by atoms with Crippen molar-refractivity contribution in [1.82, 2.24) is 13.7 Å². The number of hydrogen-bond donors (Lipinski definition) is 5. The Morgan fingerprint density at radius 1 is 0.283 bits per heavy atom. The maximum absolute atomic E-state index is 11.2. The van der Waals surface area contributed by atoms with Crippen LogP contribution in [-0.2, 0) is 0 Å². The van der Waals surface area contributed by atoms with Gasteiger partial charge in [-0.3, -0.25) is 0 Å². The molecular weight excluding hydrogens is 747 g/mol. The minimum Gasteiger partial charge on any atom is -0.503 e. The summed E-state index contributed by atoms with van der Waals surface area (Å²) < 4.78 is 6.20. The lowest BCUT2D eigenvalue weighted by molar-refractivity contribution is 0.327. The van der Waals surface area contributed by atoms with E-state index in [1.54, 1.807) is 4.57 Å². The maximum atomic E-state index is 11.2. The lowest BCUT2D eigenvalue weighted by Crippen LogP contribution is -1.97. The van der Waals surface area contributed by atoms with Crippen LogP contribution in [0, 0.1) is 0 Å². The second kappa shape index (κ2) is 12.3. The van der Waals surface area contributed by atoms with Crippen molar-refractivity contribution >= 4 is 76.2 Å². The van der Waals surface area contributed by atoms with Gasteiger partial charge in [0.2, 0.25) is 17.2 Å². The predicted octanol–water partition coefficient (Wildman–Crippen LogP) is 12.3. The summed E-state index contributed by atoms with van der Waals surface area (Å²) >= 11 is 0. The van der Waals surface area contributed by atoms with Crippen LogP contribution in [0.4, 0.5) is 0 Å². The SMILES string of the molecule is Oc1c(O)c(O)c(-n2c3ccc(-n4c5ccccc5c5cc(-c6ccc7c8ccccc8n(-c8ccccc8)c7c6)ccc54)cc3c3c4ccccc4ccc32)c(O)c1O. The molecule has 0 radical (unpaired) electrons. The fraction of sp³-hybridized carbons (Fsp3) is 0. The van der Waals surface area contributed by atoms with E-state index >= 15 is 0 Å². The first-order valence-electron chi connectivity index (χ1n) is 19.6. The molecular formula is C52H33N3O5. The molecule has 9 aromatic carbocycles. The highest BCUT2D eigenvalue weighted by atomic mass is 16.4. The molecule has 0 saturated heterocycles. The number of nitrogens with zero attached hydrogens (tertiary/aromatic N) is 3. The molecule has 0 bridgehead atoms. The summed E-state index contributed by atoms with van der Waals surface area (Å²) in [4.78, 5) is 0. The van der Waals surface area contributed by atoms with Crippen molar-refractivity contribution in [3.05, 3.63) is 170 Å². The Morgan fingerprint density at radius 3 is 1.55 bits per heavy atom. The fourth-order valence-electron chi connectivity index (χ4n) is 9.48. The lowest BCUT2D eigenvalue weighted by atomic mass is 10.0. The summed E-state index contributed by atoms with van der Waals surface area (Å²) in [6, 6.07) is 58.6. The molecule has 5 N–H and O–H groups in total. The van der Waals surface area contributed by atoms with E-state index in [0.717, 1.165) is 76.9 Å². The van der Waals surface area contributed by atoms with Gasteiger partial charge in [-0.2, -0.15) is 0 Å². The van der Waals surface area contributed by atoms with Crippen LogP contribution in [0.1, 0.15) is 0 Å². The monoisotopic (exact) mass is 779 g/mol. The third-order valence-corrected chi connectivity index (χ3v) is 12.2. The van der Waals surface area contributed by atoms with E-state index in [-0.39, 0.29) is 5.69 Å². The average Bonchev–Trinajstić information content (AvgIpc) is 3.93. The Labute approximate surface area is 341 Å². The molecule has 0 saturated carbocycles. The first kappa shape index (κ1) is 33.7. The molecule has 286 valence electrons. The number of aromatic hydroxyl groups is 5. The molecule has 8 heteroatoms. The Hall–Kier alpha value is -8.36. The van der Waals surface area contributed by atoms with E-state index in [4.69, 9.17) is 0 Å². The number of hydrogen-bond acceptors (Lipinski definition) is 5. The second-order valence-corrected chi connectivity index (χ2v) is 15.3. The zero-order valence-corrected chi connectivity index (χ0v) is 31.7. The third kappa shape index (κ3) is 4.55. The Morgan fingerprint density at radius 2 is 0.800 bits per heavy atom. The molecule has 12 aromatic rings. The average molecular weight is 780 g/mol. The minimum absolute atomic E-state index is 0.252. The number of phenolic OH excluding ortho intramolecular Hbond substituents is 5. The summed E-state index contributed by atoms with van der Waals surface area (Å²) in [6.07, 6.45) is 0. The highest BCUT2D eigenvalue weighted by molar-refractivity contribution is 6.22. The van der Waals surface area contributed by atoms with Crippen LogP contribution < -0.4 is 0 Å². The Kier molecular flexibility index (Phi) is 6.93. The second-order valence-electron chi connectivity index (χ2n) is 15.3. The Bertz CT molecular complexity index is 3750. The van der Waals surface area contributed by atoms with E-state index < -0.39 is 28.7 Å². The van der Waals surface area contributed by atoms with Crippen molar-refractivity contribution in [3.8, 4) is 56.9 Å². The van der Waals surface area contributed by atoms with Gasteiger partial charge in [0.05, 0.1) is 33.1 Å². The normalized spacial score (nSPS) is 12.0. The van der Waals surface area contributed by atoms with E-state index in [0.29, 0.717) is 11.0 Å². The van der Waals surface area contributed by atoms with Gasteiger partial charge < -0.3 is 39.2 Å². The predicted molar refractivity (Wildman–Crippen MR) is 241 cm³/mol. The van der Waals surface area contributed by atoms with Crippen LogP contribution >= 0.6 is 0 Å². The first-order valence-corrected chi connectivity index (χ1v) is 19.6. The molecule has 8 nitrogen and oxygen atoms in total. The fourth-order valence-corrected chi connectivity index (χ4v) is 9.48. The third-order valence-electron chi connectivity index (χ3n) is 12.2. The van der Waals surface area contributed by atoms with Crippen molar-refractivity contribution in [2.45, 2.75) is 0 Å². The van der Waals surface area contributed by atoms with Gasteiger partial charge in [0.15, 0.2) is 11.5 Å². The van der Waals surface area contributed by atoms with E-state index in [9.17, 15) is 25.5 Å². The zero-order valence-electron chi connectivity index (χ0n) is 31.7. The van der Waals surface area contributed by atoms with Crippen LogP contribution in [0.15, 0.2) is 170 Å². The molecule has 0 atom stereocenters. The zero-order chi connectivity index (χ0) is 40.4. The lowest BCUT2D eigenvalue weighted by Gasteiger charge is -2.15. The highest BCUT2D eigenvalue weighted by Gasteiger charge is 2.28. The Balaban J connectivity index is 1.09. The molecule has 3 heterocycles. The van der Waals surface area contributed by atoms with Gasteiger partial charge in [-0.25, -0.2) is 0 Å². The standard InChI is InChI=1S/C52H33N3O5/c56-48-47(49(57)51(59)52(60)50(48)58)55-43-25-21-33(28-39(43)46-34-13-5-4-10-29(34)19-24-44(46)55)54-41-17-9-7-15-36(41)38-26-30(20-23-42(38)54)31-18-22-37-35-14-6-8-16-40(35)53(45(37)27-31)32-11-2-1-3-12-32/h1-28,56-60H. The number of aromatic nitrogens is 3. The van der Waals surface area contributed by atoms with Crippen LogP contribution in [-0.4, -0.2) is 39.2 Å². The van der Waals surface area contributed by atoms with Gasteiger partial charge in [-0.1, -0.05) is 103 Å². The van der Waals surface area contributed by atoms with Gasteiger partial charge in [-0.15, -0.1) is 0 Å². The molecule has 60 heavy (non-hydrogen) atoms. The minimum atomic E-state index is -1.01. The number of para-hydroxylation sites is 3. The smallest absolute Gasteiger partial charge is 0.208 e. The first-order chi connectivity index (χ1) is 29.4. The molecule has 0 spiro atoms. The van der Waals surface area contributed by atoms with Gasteiger partial charge in [0, 0.05) is 43.7 Å². The van der Waals surface area contributed by atoms with Crippen molar-refractivity contribution in [2.75, 3.05) is 0 Å². The van der Waals surface area contributed by atoms with Gasteiger partial charge >= 0.3 is 0 Å². The largest absolute Gasteiger partial charge is 0.503 e. The molecule has 12 rings (SSSR count). The molecule has 3 aromatic heterocycles. The number of phenols is 5. The summed E-state index contributed by atoms with van der Waals surface area (Å²) in [7, 11) is 0. The van der Waals surface area contributed by atoms with Crippen LogP contribution in [0.2, 0.25) is 0 Å². The van der Waals surface area contributed by atoms with Crippen LogP contribution in [0.5, 0.6) is 28.7 Å². The summed E-state index contributed by atoms with van der Waals surface area (Å²) in [6.45, 7) is 0. The maximum Gasteiger partial charge on any atom is 0.208 e. The van der Waals surface area contributed by atoms with Gasteiger partial charge in [-0.05, 0) is 88.6 Å². The van der Waals surface area contributed by atoms with Gasteiger partial charge in [0.25, 0.3) is 0 Å². The summed E-state index contributed by atoms with van der Waals surface area (Å²) in [5.41, 5.74) is 9.54. The highest BCUT2D eigenvalue weighted by Crippen LogP contribution is 2.54. The quantitative estimate of drug-likeness (QED) is 0.0901. The number of fused-ring (bicyclic) bond motifs is 11. The summed E-state index contributed by atoms with van der Waals surface area (Å²) in [5, 5.41) is 62.0.